The minimum atomic E-state index is -0.0783. The van der Waals surface area contributed by atoms with Crippen LogP contribution in [0.2, 0.25) is 0 Å². The van der Waals surface area contributed by atoms with E-state index in [0.717, 1.165) is 42.2 Å². The minimum Gasteiger partial charge on any atom is -0.497 e. The molecule has 7 heteroatoms. The van der Waals surface area contributed by atoms with Crippen LogP contribution in [-0.2, 0) is 0 Å². The summed E-state index contributed by atoms with van der Waals surface area (Å²) in [5.74, 6) is 1.46. The predicted molar refractivity (Wildman–Crippen MR) is 118 cm³/mol. The molecule has 0 spiro atoms. The topological polar surface area (TPSA) is 93.4 Å². The van der Waals surface area contributed by atoms with Crippen molar-refractivity contribution in [3.8, 4) is 17.0 Å². The molecule has 2 heterocycles. The molecule has 1 aromatic heterocycles. The van der Waals surface area contributed by atoms with Crippen molar-refractivity contribution in [2.75, 3.05) is 30.8 Å². The molecule has 1 aliphatic heterocycles. The van der Waals surface area contributed by atoms with Crippen LogP contribution < -0.4 is 20.7 Å². The fourth-order valence-corrected chi connectivity index (χ4v) is 3.68. The van der Waals surface area contributed by atoms with E-state index in [4.69, 9.17) is 10.5 Å². The summed E-state index contributed by atoms with van der Waals surface area (Å²) in [4.78, 5) is 14.7. The van der Waals surface area contributed by atoms with Crippen molar-refractivity contribution in [1.82, 2.24) is 15.5 Å². The second kappa shape index (κ2) is 8.82. The number of benzene rings is 2. The van der Waals surface area contributed by atoms with Crippen molar-refractivity contribution >= 4 is 17.4 Å². The molecule has 1 unspecified atom stereocenters. The normalized spacial score (nSPS) is 16.2. The third kappa shape index (κ3) is 4.35. The Labute approximate surface area is 175 Å². The quantitative estimate of drug-likeness (QED) is 0.636. The zero-order chi connectivity index (χ0) is 20.9. The van der Waals surface area contributed by atoms with Gasteiger partial charge >= 0.3 is 0 Å². The van der Waals surface area contributed by atoms with E-state index in [0.29, 0.717) is 17.8 Å². The summed E-state index contributed by atoms with van der Waals surface area (Å²) in [6.07, 6.45) is 1.91. The lowest BCUT2D eigenvalue weighted by Gasteiger charge is -2.33. The number of para-hydroxylation sites is 1. The SMILES string of the molecule is COc1ccc(C(=O)NC2CCCN(c3ccc(-c4ccccc4N)nn3)C2)cc1. The Morgan fingerprint density at radius 1 is 1.10 bits per heavy atom. The van der Waals surface area contributed by atoms with Gasteiger partial charge in [-0.3, -0.25) is 4.79 Å². The average Bonchev–Trinajstić information content (AvgIpc) is 2.80. The summed E-state index contributed by atoms with van der Waals surface area (Å²) in [6, 6.07) is 18.7. The summed E-state index contributed by atoms with van der Waals surface area (Å²) < 4.78 is 5.15. The first-order valence-corrected chi connectivity index (χ1v) is 10.0. The van der Waals surface area contributed by atoms with Crippen LogP contribution in [0.5, 0.6) is 5.75 Å². The maximum atomic E-state index is 12.6. The molecule has 1 saturated heterocycles. The number of amides is 1. The van der Waals surface area contributed by atoms with Gasteiger partial charge in [0.25, 0.3) is 5.91 Å². The zero-order valence-corrected chi connectivity index (χ0v) is 16.9. The highest BCUT2D eigenvalue weighted by molar-refractivity contribution is 5.94. The molecule has 30 heavy (non-hydrogen) atoms. The summed E-state index contributed by atoms with van der Waals surface area (Å²) in [6.45, 7) is 1.58. The average molecular weight is 403 g/mol. The molecule has 1 amide bonds. The molecule has 0 saturated carbocycles. The van der Waals surface area contributed by atoms with Crippen LogP contribution in [0.1, 0.15) is 23.2 Å². The second-order valence-corrected chi connectivity index (χ2v) is 7.35. The molecular weight excluding hydrogens is 378 g/mol. The summed E-state index contributed by atoms with van der Waals surface area (Å²) in [5.41, 5.74) is 8.96. The molecular formula is C23H25N5O2. The van der Waals surface area contributed by atoms with Gasteiger partial charge in [0.1, 0.15) is 5.75 Å². The van der Waals surface area contributed by atoms with Crippen LogP contribution in [0, 0.1) is 0 Å². The van der Waals surface area contributed by atoms with Gasteiger partial charge in [-0.2, -0.15) is 0 Å². The summed E-state index contributed by atoms with van der Waals surface area (Å²) in [5, 5.41) is 11.9. The summed E-state index contributed by atoms with van der Waals surface area (Å²) >= 11 is 0. The summed E-state index contributed by atoms with van der Waals surface area (Å²) in [7, 11) is 1.61. The van der Waals surface area contributed by atoms with Crippen LogP contribution >= 0.6 is 0 Å². The van der Waals surface area contributed by atoms with Gasteiger partial charge in [0, 0.05) is 35.9 Å². The van der Waals surface area contributed by atoms with E-state index in [1.165, 1.54) is 0 Å². The van der Waals surface area contributed by atoms with E-state index in [9.17, 15) is 4.79 Å². The molecule has 1 aliphatic rings. The third-order valence-corrected chi connectivity index (χ3v) is 5.32. The van der Waals surface area contributed by atoms with E-state index < -0.39 is 0 Å². The Balaban J connectivity index is 1.41. The number of anilines is 2. The number of hydrogen-bond acceptors (Lipinski definition) is 6. The van der Waals surface area contributed by atoms with Crippen molar-refractivity contribution in [2.24, 2.45) is 0 Å². The number of ether oxygens (including phenoxy) is 1. The first-order valence-electron chi connectivity index (χ1n) is 10.0. The Hall–Kier alpha value is -3.61. The van der Waals surface area contributed by atoms with Gasteiger partial charge < -0.3 is 20.7 Å². The van der Waals surface area contributed by atoms with Crippen LogP contribution in [-0.4, -0.2) is 42.3 Å². The minimum absolute atomic E-state index is 0.0552. The predicted octanol–water partition coefficient (Wildman–Crippen LogP) is 3.13. The number of nitrogens with zero attached hydrogens (tertiary/aromatic N) is 3. The fourth-order valence-electron chi connectivity index (χ4n) is 3.68. The lowest BCUT2D eigenvalue weighted by molar-refractivity contribution is 0.0933. The smallest absolute Gasteiger partial charge is 0.251 e. The van der Waals surface area contributed by atoms with Crippen LogP contribution in [0.4, 0.5) is 11.5 Å². The highest BCUT2D eigenvalue weighted by atomic mass is 16.5. The zero-order valence-electron chi connectivity index (χ0n) is 16.9. The number of carbonyl (C=O) groups is 1. The fraction of sp³-hybridized carbons (Fsp3) is 0.261. The van der Waals surface area contributed by atoms with Crippen molar-refractivity contribution in [2.45, 2.75) is 18.9 Å². The Morgan fingerprint density at radius 2 is 1.90 bits per heavy atom. The maximum absolute atomic E-state index is 12.6. The molecule has 1 atom stereocenters. The third-order valence-electron chi connectivity index (χ3n) is 5.32. The number of nitrogen functional groups attached to an aromatic ring is 1. The van der Waals surface area contributed by atoms with E-state index in [2.05, 4.69) is 20.4 Å². The number of hydrogen-bond donors (Lipinski definition) is 2. The number of methoxy groups -OCH3 is 1. The monoisotopic (exact) mass is 403 g/mol. The molecule has 1 fully saturated rings. The second-order valence-electron chi connectivity index (χ2n) is 7.35. The van der Waals surface area contributed by atoms with Gasteiger partial charge in [-0.1, -0.05) is 18.2 Å². The van der Waals surface area contributed by atoms with Crippen LogP contribution in [0.25, 0.3) is 11.3 Å². The molecule has 3 N–H and O–H groups in total. The molecule has 2 aromatic carbocycles. The standard InChI is InChI=1S/C23H25N5O2/c1-30-18-10-8-16(9-11-18)23(29)25-17-5-4-14-28(15-17)22-13-12-21(26-27-22)19-6-2-3-7-20(19)24/h2-3,6-13,17H,4-5,14-15,24H2,1H3,(H,25,29). The van der Waals surface area contributed by atoms with Gasteiger partial charge in [-0.05, 0) is 55.3 Å². The first-order chi connectivity index (χ1) is 14.6. The molecule has 3 aromatic rings. The number of aromatic nitrogens is 2. The van der Waals surface area contributed by atoms with Crippen molar-refractivity contribution in [3.05, 3.63) is 66.2 Å². The van der Waals surface area contributed by atoms with Crippen molar-refractivity contribution in [1.29, 1.82) is 0 Å². The lowest BCUT2D eigenvalue weighted by atomic mass is 10.0. The van der Waals surface area contributed by atoms with E-state index in [-0.39, 0.29) is 11.9 Å². The van der Waals surface area contributed by atoms with Gasteiger partial charge in [-0.15, -0.1) is 10.2 Å². The van der Waals surface area contributed by atoms with Gasteiger partial charge in [0.05, 0.1) is 12.8 Å². The maximum Gasteiger partial charge on any atom is 0.251 e. The van der Waals surface area contributed by atoms with Crippen molar-refractivity contribution < 1.29 is 9.53 Å². The molecule has 0 radical (unpaired) electrons. The first kappa shape index (κ1) is 19.7. The Bertz CT molecular complexity index is 1000. The van der Waals surface area contributed by atoms with E-state index >= 15 is 0 Å². The van der Waals surface area contributed by atoms with E-state index in [1.54, 1.807) is 31.4 Å². The molecule has 0 bridgehead atoms. The Kier molecular flexibility index (Phi) is 5.79. The number of nitrogens with two attached hydrogens (primary N) is 1. The van der Waals surface area contributed by atoms with Gasteiger partial charge in [-0.25, -0.2) is 0 Å². The van der Waals surface area contributed by atoms with E-state index in [1.807, 2.05) is 36.4 Å². The molecule has 7 nitrogen and oxygen atoms in total. The van der Waals surface area contributed by atoms with Crippen LogP contribution in [0.15, 0.2) is 60.7 Å². The Morgan fingerprint density at radius 3 is 2.60 bits per heavy atom. The molecule has 154 valence electrons. The highest BCUT2D eigenvalue weighted by Crippen LogP contribution is 2.25. The van der Waals surface area contributed by atoms with Crippen molar-refractivity contribution in [3.63, 3.8) is 0 Å². The highest BCUT2D eigenvalue weighted by Gasteiger charge is 2.23. The van der Waals surface area contributed by atoms with Gasteiger partial charge in [0.2, 0.25) is 0 Å². The number of nitrogens with one attached hydrogen (secondary N) is 1. The number of rotatable bonds is 5. The lowest BCUT2D eigenvalue weighted by Crippen LogP contribution is -2.48. The number of piperidine rings is 1. The number of carbonyl (C=O) groups excluding carboxylic acids is 1. The molecule has 4 rings (SSSR count). The largest absolute Gasteiger partial charge is 0.497 e. The molecule has 0 aliphatic carbocycles. The van der Waals surface area contributed by atoms with Gasteiger partial charge in [0.15, 0.2) is 5.82 Å². The van der Waals surface area contributed by atoms with Crippen LogP contribution in [0.3, 0.4) is 0 Å².